The molecule has 0 fully saturated rings. The second-order valence-corrected chi connectivity index (χ2v) is 9.76. The maximum atomic E-state index is 13.1. The minimum atomic E-state index is -4.46. The van der Waals surface area contributed by atoms with Crippen LogP contribution >= 0.6 is 0 Å². The third kappa shape index (κ3) is 5.12. The second-order valence-electron chi connectivity index (χ2n) is 6.68. The smallest absolute Gasteiger partial charge is 0.357 e. The van der Waals surface area contributed by atoms with E-state index in [0.29, 0.717) is 11.1 Å². The Hall–Kier alpha value is -2.47. The maximum Gasteiger partial charge on any atom is 0.357 e. The first kappa shape index (κ1) is 21.2. The van der Waals surface area contributed by atoms with E-state index in [4.69, 9.17) is 4.55 Å². The maximum absolute atomic E-state index is 13.1. The van der Waals surface area contributed by atoms with Crippen LogP contribution in [-0.2, 0) is 43.8 Å². The fraction of sp³-hybridized carbons (Fsp3) is 0.278. The van der Waals surface area contributed by atoms with Crippen LogP contribution in [0.25, 0.3) is 0 Å². The number of amides is 1. The van der Waals surface area contributed by atoms with Crippen molar-refractivity contribution in [1.29, 1.82) is 0 Å². The molecule has 3 rings (SSSR count). The number of hydrogen-bond donors (Lipinski definition) is 3. The highest BCUT2D eigenvalue weighted by molar-refractivity contribution is 7.88. The molecular formula is C18H21N3O6S2. The highest BCUT2D eigenvalue weighted by atomic mass is 32.2. The van der Waals surface area contributed by atoms with E-state index in [0.717, 1.165) is 9.87 Å². The number of nitrogens with zero attached hydrogens (tertiary/aromatic N) is 1. The lowest BCUT2D eigenvalue weighted by Crippen LogP contribution is -2.52. The molecule has 9 nitrogen and oxygen atoms in total. The van der Waals surface area contributed by atoms with Crippen LogP contribution in [0.4, 0.5) is 5.69 Å². The number of fused-ring (bicyclic) bond motifs is 1. The van der Waals surface area contributed by atoms with Gasteiger partial charge in [0.05, 0.1) is 11.4 Å². The Morgan fingerprint density at radius 2 is 1.79 bits per heavy atom. The summed E-state index contributed by atoms with van der Waals surface area (Å²) >= 11 is 0. The average Bonchev–Trinajstić information content (AvgIpc) is 2.65. The molecule has 2 aromatic rings. The van der Waals surface area contributed by atoms with Gasteiger partial charge in [0.15, 0.2) is 0 Å². The quantitative estimate of drug-likeness (QED) is 0.573. The van der Waals surface area contributed by atoms with Gasteiger partial charge in [-0.15, -0.1) is 0 Å². The number of carbonyl (C=O) groups excluding carboxylic acids is 1. The molecule has 2 aromatic carbocycles. The van der Waals surface area contributed by atoms with Crippen LogP contribution in [0, 0.1) is 0 Å². The Morgan fingerprint density at radius 3 is 2.41 bits per heavy atom. The molecule has 0 bridgehead atoms. The predicted octanol–water partition coefficient (Wildman–Crippen LogP) is 0.904. The number of carbonyl (C=O) groups is 1. The van der Waals surface area contributed by atoms with Crippen molar-refractivity contribution in [1.82, 2.24) is 9.62 Å². The van der Waals surface area contributed by atoms with Gasteiger partial charge in [0.2, 0.25) is 15.9 Å². The van der Waals surface area contributed by atoms with Crippen molar-refractivity contribution in [2.75, 3.05) is 11.8 Å². The molecule has 1 aliphatic heterocycles. The molecule has 0 unspecified atom stereocenters. The lowest BCUT2D eigenvalue weighted by atomic mass is 9.95. The lowest BCUT2D eigenvalue weighted by molar-refractivity contribution is -0.124. The normalized spacial score (nSPS) is 17.4. The van der Waals surface area contributed by atoms with Gasteiger partial charge in [-0.25, -0.2) is 8.42 Å². The second kappa shape index (κ2) is 8.11. The summed E-state index contributed by atoms with van der Waals surface area (Å²) in [5.74, 6) is -0.688. The Balaban J connectivity index is 1.97. The Bertz CT molecular complexity index is 1120. The molecule has 1 amide bonds. The molecule has 3 N–H and O–H groups in total. The first-order valence-corrected chi connectivity index (χ1v) is 11.8. The van der Waals surface area contributed by atoms with Crippen molar-refractivity contribution < 1.29 is 26.2 Å². The molecule has 11 heteroatoms. The highest BCUT2D eigenvalue weighted by Gasteiger charge is 2.38. The molecule has 0 aromatic heterocycles. The summed E-state index contributed by atoms with van der Waals surface area (Å²) in [5.41, 5.74) is 1.97. The number of benzene rings is 2. The van der Waals surface area contributed by atoms with Crippen molar-refractivity contribution in [3.05, 3.63) is 65.2 Å². The summed E-state index contributed by atoms with van der Waals surface area (Å²) in [6, 6.07) is 12.2. The fourth-order valence-electron chi connectivity index (χ4n) is 3.32. The third-order valence-corrected chi connectivity index (χ3v) is 6.93. The molecule has 0 saturated carbocycles. The summed E-state index contributed by atoms with van der Waals surface area (Å²) in [4.78, 5) is 12.4. The van der Waals surface area contributed by atoms with E-state index < -0.39 is 32.3 Å². The van der Waals surface area contributed by atoms with Crippen LogP contribution in [0.1, 0.15) is 16.7 Å². The number of nitrogens with one attached hydrogen (secondary N) is 2. The first-order chi connectivity index (χ1) is 13.6. The van der Waals surface area contributed by atoms with Gasteiger partial charge < -0.3 is 5.32 Å². The van der Waals surface area contributed by atoms with Crippen LogP contribution < -0.4 is 10.0 Å². The lowest BCUT2D eigenvalue weighted by Gasteiger charge is -2.35. The van der Waals surface area contributed by atoms with Gasteiger partial charge in [-0.1, -0.05) is 36.4 Å². The molecule has 29 heavy (non-hydrogen) atoms. The van der Waals surface area contributed by atoms with E-state index in [9.17, 15) is 21.6 Å². The summed E-state index contributed by atoms with van der Waals surface area (Å²) in [6.45, 7) is -0.0937. The number of sulfonamides is 1. The molecule has 1 aliphatic rings. The minimum Gasteiger partial charge on any atom is -0.358 e. The van der Waals surface area contributed by atoms with E-state index in [1.54, 1.807) is 36.4 Å². The largest absolute Gasteiger partial charge is 0.358 e. The van der Waals surface area contributed by atoms with Gasteiger partial charge in [0, 0.05) is 13.6 Å². The van der Waals surface area contributed by atoms with Gasteiger partial charge in [0.1, 0.15) is 6.04 Å². The standard InChI is InChI=1S/C18H21N3O6S2/c1-19-18(22)17-10-14-7-8-16(20-29(25,26)27)9-15(14)11-21(17)28(23,24)12-13-5-3-2-4-6-13/h2-9,17,20H,10-12H2,1H3,(H,19,22)(H,25,26,27)/t17-/m0/s1. The highest BCUT2D eigenvalue weighted by Crippen LogP contribution is 2.29. The van der Waals surface area contributed by atoms with E-state index >= 15 is 0 Å². The Morgan fingerprint density at radius 1 is 1.10 bits per heavy atom. The van der Waals surface area contributed by atoms with Crippen molar-refractivity contribution >= 4 is 31.9 Å². The third-order valence-electron chi connectivity index (χ3n) is 4.64. The van der Waals surface area contributed by atoms with E-state index in [2.05, 4.69) is 5.32 Å². The van der Waals surface area contributed by atoms with Gasteiger partial charge >= 0.3 is 10.3 Å². The van der Waals surface area contributed by atoms with E-state index in [1.165, 1.54) is 19.2 Å². The van der Waals surface area contributed by atoms with Crippen LogP contribution in [-0.4, -0.2) is 44.7 Å². The Labute approximate surface area is 169 Å². The molecule has 156 valence electrons. The molecular weight excluding hydrogens is 418 g/mol. The topological polar surface area (TPSA) is 133 Å². The van der Waals surface area contributed by atoms with Crippen LogP contribution in [0.3, 0.4) is 0 Å². The summed E-state index contributed by atoms with van der Waals surface area (Å²) in [7, 11) is -6.86. The fourth-order valence-corrected chi connectivity index (χ4v) is 5.42. The number of rotatable bonds is 6. The summed E-state index contributed by atoms with van der Waals surface area (Å²) in [6.07, 6.45) is 0.148. The number of anilines is 1. The van der Waals surface area contributed by atoms with Crippen LogP contribution in [0.15, 0.2) is 48.5 Å². The molecule has 0 saturated heterocycles. The predicted molar refractivity (Wildman–Crippen MR) is 108 cm³/mol. The summed E-state index contributed by atoms with van der Waals surface area (Å²) < 4.78 is 60.4. The van der Waals surface area contributed by atoms with Gasteiger partial charge in [0.25, 0.3) is 0 Å². The SMILES string of the molecule is CNC(=O)[C@@H]1Cc2ccc(NS(=O)(=O)O)cc2CN1S(=O)(=O)Cc1ccccc1. The number of likely N-dealkylation sites (N-methyl/N-ethyl adjacent to an activating group) is 1. The van der Waals surface area contributed by atoms with Gasteiger partial charge in [-0.2, -0.15) is 12.7 Å². The average molecular weight is 440 g/mol. The molecule has 0 spiro atoms. The Kier molecular flexibility index (Phi) is 5.94. The monoisotopic (exact) mass is 439 g/mol. The zero-order valence-corrected chi connectivity index (χ0v) is 17.2. The van der Waals surface area contributed by atoms with Gasteiger partial charge in [-0.05, 0) is 35.2 Å². The van der Waals surface area contributed by atoms with Crippen LogP contribution in [0.2, 0.25) is 0 Å². The zero-order chi connectivity index (χ0) is 21.2. The summed E-state index contributed by atoms with van der Waals surface area (Å²) in [5, 5.41) is 2.50. The molecule has 1 heterocycles. The van der Waals surface area contributed by atoms with E-state index in [-0.39, 0.29) is 24.4 Å². The van der Waals surface area contributed by atoms with Crippen molar-refractivity contribution in [3.63, 3.8) is 0 Å². The van der Waals surface area contributed by atoms with Crippen molar-refractivity contribution in [3.8, 4) is 0 Å². The molecule has 0 aliphatic carbocycles. The molecule has 0 radical (unpaired) electrons. The van der Waals surface area contributed by atoms with Crippen LogP contribution in [0.5, 0.6) is 0 Å². The van der Waals surface area contributed by atoms with Crippen molar-refractivity contribution in [2.24, 2.45) is 0 Å². The zero-order valence-electron chi connectivity index (χ0n) is 15.6. The molecule has 1 atom stereocenters. The van der Waals surface area contributed by atoms with Gasteiger partial charge in [-0.3, -0.25) is 14.1 Å². The number of hydrogen-bond acceptors (Lipinski definition) is 5. The first-order valence-electron chi connectivity index (χ1n) is 8.71. The van der Waals surface area contributed by atoms with Crippen molar-refractivity contribution in [2.45, 2.75) is 24.8 Å². The minimum absolute atomic E-state index is 0.0937. The van der Waals surface area contributed by atoms with E-state index in [1.807, 2.05) is 4.72 Å².